The Labute approximate surface area is 629 Å². The first-order chi connectivity index (χ1) is 50.3. The van der Waals surface area contributed by atoms with Crippen LogP contribution in [-0.4, -0.2) is 273 Å². The average Bonchev–Trinajstić information content (AvgIpc) is 1.81. The summed E-state index contributed by atoms with van der Waals surface area (Å²) in [6, 6.07) is 0.258. The van der Waals surface area contributed by atoms with E-state index in [2.05, 4.69) is 40.2 Å². The Balaban J connectivity index is 0.00000119. The molecule has 5 N–H and O–H groups in total. The van der Waals surface area contributed by atoms with E-state index < -0.39 is 53.1 Å². The van der Waals surface area contributed by atoms with Crippen molar-refractivity contribution in [3.05, 3.63) is 50.7 Å². The van der Waals surface area contributed by atoms with Crippen LogP contribution in [0.5, 0.6) is 0 Å². The predicted octanol–water partition coefficient (Wildman–Crippen LogP) is 8.78. The van der Waals surface area contributed by atoms with E-state index in [1.165, 1.54) is 13.8 Å². The molecule has 608 valence electrons. The second-order valence-corrected chi connectivity index (χ2v) is 28.4. The first-order valence-corrected chi connectivity index (χ1v) is 38.8. The van der Waals surface area contributed by atoms with E-state index in [1.807, 2.05) is 28.5 Å². The number of unbranched alkanes of at least 4 members (excludes halogenated alkanes) is 1. The normalized spacial score (nSPS) is 18.0. The number of hydrogen-bond donors (Lipinski definition) is 5. The number of carbonyl (C=O) groups is 7. The van der Waals surface area contributed by atoms with Gasteiger partial charge in [-0.15, -0.1) is 19.7 Å². The SMILES string of the molecule is C=CCOCC(CO)(COCC=C)COCC=C.C=CN1CCCC1=O.CCC(CC(C)O)OC(C)=O.CCC(CC(O)CC(C)OCC(O)COC(=O)C(C)CC(CCCCOCC(CO)(COCCCC(CC)N1CCCC1=O)COCCCC(CC)N1CCCC1=O)N1CCCC1=O)OC(C)=O. The van der Waals surface area contributed by atoms with Gasteiger partial charge in [-0.1, -0.05) is 59.4 Å². The number of amides is 4. The number of hydrogen-bond acceptors (Lipinski definition) is 22. The van der Waals surface area contributed by atoms with E-state index >= 15 is 0 Å². The van der Waals surface area contributed by atoms with Crippen LogP contribution >= 0.6 is 0 Å². The predicted molar refractivity (Wildman–Crippen MR) is 402 cm³/mol. The molecule has 4 aliphatic heterocycles. The van der Waals surface area contributed by atoms with Gasteiger partial charge in [0.2, 0.25) is 23.6 Å². The van der Waals surface area contributed by atoms with Crippen LogP contribution in [0.2, 0.25) is 0 Å². The van der Waals surface area contributed by atoms with Crippen molar-refractivity contribution < 1.29 is 106 Å². The fourth-order valence-electron chi connectivity index (χ4n) is 12.9. The molecule has 4 amide bonds. The molecule has 0 aromatic heterocycles. The van der Waals surface area contributed by atoms with E-state index in [1.54, 1.807) is 50.1 Å². The van der Waals surface area contributed by atoms with Gasteiger partial charge in [0.05, 0.1) is 114 Å². The highest BCUT2D eigenvalue weighted by atomic mass is 16.6. The van der Waals surface area contributed by atoms with Gasteiger partial charge in [0.25, 0.3) is 0 Å². The molecule has 26 heteroatoms. The van der Waals surface area contributed by atoms with Crippen LogP contribution in [0.15, 0.2) is 50.7 Å². The number of aliphatic hydroxyl groups excluding tert-OH is 5. The van der Waals surface area contributed by atoms with Crippen LogP contribution in [0.1, 0.15) is 210 Å². The van der Waals surface area contributed by atoms with Gasteiger partial charge in [-0.2, -0.15) is 0 Å². The molecule has 0 saturated carbocycles. The number of aliphatic hydroxyl groups is 5. The smallest absolute Gasteiger partial charge is 0.308 e. The van der Waals surface area contributed by atoms with E-state index in [0.717, 1.165) is 96.7 Å². The maximum Gasteiger partial charge on any atom is 0.308 e. The number of nitrogens with zero attached hydrogens (tertiary/aromatic N) is 4. The van der Waals surface area contributed by atoms with Crippen molar-refractivity contribution in [2.24, 2.45) is 16.7 Å². The van der Waals surface area contributed by atoms with Gasteiger partial charge in [0.15, 0.2) is 0 Å². The number of ether oxygens (including phenoxy) is 10. The largest absolute Gasteiger partial charge is 0.463 e. The molecule has 4 rings (SSSR count). The standard InChI is InChI=1S/C51H91N3O14.C14H24O4.C8H16O3.C6H9NO/c1-7-41(52-23-12-20-47(52)59)18-15-27-64-36-51(34-55,37-65-28-16-19-42(8-2)53-24-13-21-48(53)60)35-63-26-11-10-17-43(54-25-14-22-49(54)61)29-38(4)50(62)67-33-45(58)32-66-39(5)30-44(57)31-46(9-3)68-40(6)56;1-4-7-16-11-14(10-15,12-17-8-5-2)13-18-9-6-3;1-4-8(5-6(2)9)11-7(3)10;1-2-7-5-3-4-6(7)8/h38-39,41-46,55,57-58H,7-37H2,1-6H3;4-6,15H,1-3,7-13H2;6,8-9H,4-5H2,1-3H3;2H,1,3-5H2. The minimum atomic E-state index is -1.06. The van der Waals surface area contributed by atoms with Crippen LogP contribution < -0.4 is 0 Å². The lowest BCUT2D eigenvalue weighted by molar-refractivity contribution is -0.154. The first-order valence-electron chi connectivity index (χ1n) is 38.8. The lowest BCUT2D eigenvalue weighted by Crippen LogP contribution is -2.41. The van der Waals surface area contributed by atoms with Crippen molar-refractivity contribution in [2.75, 3.05) is 132 Å². The van der Waals surface area contributed by atoms with Gasteiger partial charge >= 0.3 is 17.9 Å². The van der Waals surface area contributed by atoms with Crippen LogP contribution in [0.3, 0.4) is 0 Å². The summed E-state index contributed by atoms with van der Waals surface area (Å²) < 4.78 is 56.2. The number of carbonyl (C=O) groups excluding carboxylic acids is 7. The van der Waals surface area contributed by atoms with Crippen molar-refractivity contribution >= 4 is 41.5 Å². The van der Waals surface area contributed by atoms with Gasteiger partial charge in [-0.3, -0.25) is 33.6 Å². The van der Waals surface area contributed by atoms with Crippen molar-refractivity contribution in [1.82, 2.24) is 19.6 Å². The second-order valence-electron chi connectivity index (χ2n) is 28.4. The molecular formula is C79H140N4O22. The number of esters is 3. The molecule has 10 atom stereocenters. The van der Waals surface area contributed by atoms with E-state index in [9.17, 15) is 54.0 Å². The van der Waals surface area contributed by atoms with Gasteiger partial charge in [-0.25, -0.2) is 0 Å². The second kappa shape index (κ2) is 58.7. The average molecular weight is 1500 g/mol. The van der Waals surface area contributed by atoms with E-state index in [0.29, 0.717) is 124 Å². The molecule has 4 heterocycles. The minimum absolute atomic E-state index is 0.0710. The Morgan fingerprint density at radius 3 is 1.24 bits per heavy atom. The zero-order valence-corrected chi connectivity index (χ0v) is 65.8. The van der Waals surface area contributed by atoms with E-state index in [-0.39, 0.29) is 119 Å². The Kier molecular flexibility index (Phi) is 54.7. The molecule has 10 unspecified atom stereocenters. The van der Waals surface area contributed by atoms with E-state index in [4.69, 9.17) is 52.5 Å². The molecule has 4 saturated heterocycles. The third-order valence-corrected chi connectivity index (χ3v) is 18.8. The highest BCUT2D eigenvalue weighted by molar-refractivity contribution is 5.80. The molecule has 0 radical (unpaired) electrons. The Morgan fingerprint density at radius 2 is 0.886 bits per heavy atom. The van der Waals surface area contributed by atoms with Crippen molar-refractivity contribution in [1.29, 1.82) is 0 Å². The lowest BCUT2D eigenvalue weighted by atomic mass is 9.92. The fraction of sp³-hybridized carbons (Fsp3) is 0.810. The summed E-state index contributed by atoms with van der Waals surface area (Å²) in [5.74, 6) is -0.912. The van der Waals surface area contributed by atoms with Crippen molar-refractivity contribution in [2.45, 2.75) is 265 Å². The summed E-state index contributed by atoms with van der Waals surface area (Å²) >= 11 is 0. The number of rotatable bonds is 57. The summed E-state index contributed by atoms with van der Waals surface area (Å²) in [5.41, 5.74) is -1.34. The molecule has 0 aliphatic carbocycles. The summed E-state index contributed by atoms with van der Waals surface area (Å²) in [4.78, 5) is 90.7. The van der Waals surface area contributed by atoms with Gasteiger partial charge in [-0.05, 0) is 129 Å². The zero-order valence-electron chi connectivity index (χ0n) is 65.8. The Morgan fingerprint density at radius 1 is 0.486 bits per heavy atom. The maximum absolute atomic E-state index is 13.1. The minimum Gasteiger partial charge on any atom is -0.463 e. The first kappa shape index (κ1) is 97.8. The van der Waals surface area contributed by atoms with Crippen LogP contribution in [0.4, 0.5) is 0 Å². The molecule has 0 aromatic rings. The van der Waals surface area contributed by atoms with Crippen LogP contribution in [0, 0.1) is 16.7 Å². The molecule has 4 fully saturated rings. The highest BCUT2D eigenvalue weighted by Crippen LogP contribution is 2.27. The Hall–Kier alpha value is -5.23. The highest BCUT2D eigenvalue weighted by Gasteiger charge is 2.35. The zero-order chi connectivity index (χ0) is 78.4. The summed E-state index contributed by atoms with van der Waals surface area (Å²) in [7, 11) is 0. The molecule has 105 heavy (non-hydrogen) atoms. The Bertz CT molecular complexity index is 2340. The molecule has 0 aromatic carbocycles. The fourth-order valence-corrected chi connectivity index (χ4v) is 12.9. The molecule has 0 spiro atoms. The monoisotopic (exact) mass is 1500 g/mol. The van der Waals surface area contributed by atoms with Gasteiger partial charge in [0, 0.05) is 116 Å². The van der Waals surface area contributed by atoms with Gasteiger partial charge in [0.1, 0.15) is 24.9 Å². The van der Waals surface area contributed by atoms with Crippen LogP contribution in [-0.2, 0) is 80.9 Å². The third kappa shape index (κ3) is 42.9. The van der Waals surface area contributed by atoms with Crippen molar-refractivity contribution in [3.8, 4) is 0 Å². The quantitative estimate of drug-likeness (QED) is 0.0164. The lowest BCUT2D eigenvalue weighted by Gasteiger charge is -2.32. The van der Waals surface area contributed by atoms with Gasteiger partial charge < -0.3 is 92.5 Å². The summed E-state index contributed by atoms with van der Waals surface area (Å²) in [6.07, 6.45) is 19.6. The maximum atomic E-state index is 13.1. The van der Waals surface area contributed by atoms with Crippen molar-refractivity contribution in [3.63, 3.8) is 0 Å². The molecule has 4 aliphatic rings. The topological polar surface area (TPSA) is 326 Å². The molecular weight excluding hydrogens is 1360 g/mol. The third-order valence-electron chi connectivity index (χ3n) is 18.8. The summed E-state index contributed by atoms with van der Waals surface area (Å²) in [5, 5.41) is 50.3. The molecule has 26 nitrogen and oxygen atoms in total. The number of likely N-dealkylation sites (tertiary alicyclic amines) is 4. The summed E-state index contributed by atoms with van der Waals surface area (Å²) in [6.45, 7) is 37.3. The van der Waals surface area contributed by atoms with Crippen LogP contribution in [0.25, 0.3) is 0 Å². The molecule has 0 bridgehead atoms.